The van der Waals surface area contributed by atoms with E-state index in [9.17, 15) is 9.59 Å². The van der Waals surface area contributed by atoms with Gasteiger partial charge in [0.1, 0.15) is 6.04 Å². The van der Waals surface area contributed by atoms with Gasteiger partial charge in [0, 0.05) is 16.5 Å². The van der Waals surface area contributed by atoms with E-state index in [1.807, 2.05) is 6.92 Å². The number of amides is 1. The highest BCUT2D eigenvalue weighted by molar-refractivity contribution is 6.35. The third kappa shape index (κ3) is 6.36. The molecule has 6 heteroatoms. The SMILES string of the molecule is CCCCC(NC(=O)CCc1ccc(Cl)cc1Cl)C(=O)O. The molecule has 0 heterocycles. The van der Waals surface area contributed by atoms with E-state index in [1.54, 1.807) is 18.2 Å². The summed E-state index contributed by atoms with van der Waals surface area (Å²) in [6.07, 6.45) is 2.73. The highest BCUT2D eigenvalue weighted by Crippen LogP contribution is 2.22. The number of aliphatic carboxylic acids is 1. The third-order valence-corrected chi connectivity index (χ3v) is 3.70. The molecule has 0 bridgehead atoms. The third-order valence-electron chi connectivity index (χ3n) is 3.12. The maximum absolute atomic E-state index is 11.8. The number of aryl methyl sites for hydroxylation is 1. The zero-order valence-electron chi connectivity index (χ0n) is 11.9. The van der Waals surface area contributed by atoms with E-state index in [0.29, 0.717) is 22.9 Å². The van der Waals surface area contributed by atoms with Gasteiger partial charge in [-0.3, -0.25) is 4.79 Å². The summed E-state index contributed by atoms with van der Waals surface area (Å²) in [6.45, 7) is 1.98. The van der Waals surface area contributed by atoms with Crippen LogP contribution in [0.1, 0.15) is 38.2 Å². The van der Waals surface area contributed by atoms with Crippen molar-refractivity contribution in [2.75, 3.05) is 0 Å². The van der Waals surface area contributed by atoms with Gasteiger partial charge in [0.15, 0.2) is 0 Å². The van der Waals surface area contributed by atoms with E-state index in [0.717, 1.165) is 18.4 Å². The molecular weight excluding hydrogens is 313 g/mol. The Balaban J connectivity index is 2.50. The molecule has 2 N–H and O–H groups in total. The van der Waals surface area contributed by atoms with Gasteiger partial charge in [-0.15, -0.1) is 0 Å². The van der Waals surface area contributed by atoms with Gasteiger partial charge in [-0.05, 0) is 30.5 Å². The average Bonchev–Trinajstić information content (AvgIpc) is 2.42. The smallest absolute Gasteiger partial charge is 0.326 e. The molecule has 0 aromatic heterocycles. The Morgan fingerprint density at radius 3 is 2.62 bits per heavy atom. The first-order chi connectivity index (χ1) is 9.93. The molecule has 0 fully saturated rings. The molecule has 0 aliphatic heterocycles. The number of carboxylic acid groups (broad SMARTS) is 1. The first kappa shape index (κ1) is 17.8. The molecule has 1 aromatic rings. The summed E-state index contributed by atoms with van der Waals surface area (Å²) in [6, 6.07) is 4.28. The monoisotopic (exact) mass is 331 g/mol. The number of carbonyl (C=O) groups is 2. The number of nitrogens with one attached hydrogen (secondary N) is 1. The molecule has 1 aromatic carbocycles. The Kier molecular flexibility index (Phi) is 7.54. The van der Waals surface area contributed by atoms with Crippen molar-refractivity contribution in [3.05, 3.63) is 33.8 Å². The molecular formula is C15H19Cl2NO3. The summed E-state index contributed by atoms with van der Waals surface area (Å²) in [4.78, 5) is 22.9. The van der Waals surface area contributed by atoms with Gasteiger partial charge in [-0.25, -0.2) is 4.79 Å². The van der Waals surface area contributed by atoms with Crippen LogP contribution in [0, 0.1) is 0 Å². The van der Waals surface area contributed by atoms with Gasteiger partial charge < -0.3 is 10.4 Å². The molecule has 0 radical (unpaired) electrons. The van der Waals surface area contributed by atoms with Crippen LogP contribution in [-0.2, 0) is 16.0 Å². The van der Waals surface area contributed by atoms with Crippen LogP contribution in [0.4, 0.5) is 0 Å². The minimum Gasteiger partial charge on any atom is -0.480 e. The van der Waals surface area contributed by atoms with Crippen molar-refractivity contribution in [3.63, 3.8) is 0 Å². The predicted molar refractivity (Wildman–Crippen MR) is 83.9 cm³/mol. The van der Waals surface area contributed by atoms with E-state index in [-0.39, 0.29) is 12.3 Å². The van der Waals surface area contributed by atoms with Crippen LogP contribution < -0.4 is 5.32 Å². The summed E-state index contributed by atoms with van der Waals surface area (Å²) in [5.41, 5.74) is 0.816. The minimum atomic E-state index is -0.999. The number of unbranched alkanes of at least 4 members (excludes halogenated alkanes) is 1. The fourth-order valence-electron chi connectivity index (χ4n) is 1.90. The largest absolute Gasteiger partial charge is 0.480 e. The topological polar surface area (TPSA) is 66.4 Å². The zero-order chi connectivity index (χ0) is 15.8. The van der Waals surface area contributed by atoms with Gasteiger partial charge in [0.05, 0.1) is 0 Å². The Labute approximate surface area is 134 Å². The lowest BCUT2D eigenvalue weighted by molar-refractivity contribution is -0.142. The van der Waals surface area contributed by atoms with Gasteiger partial charge in [-0.2, -0.15) is 0 Å². The lowest BCUT2D eigenvalue weighted by atomic mass is 10.1. The second kappa shape index (κ2) is 8.90. The number of hydrogen-bond donors (Lipinski definition) is 2. The standard InChI is InChI=1S/C15H19Cl2NO3/c1-2-3-4-13(15(20)21)18-14(19)8-6-10-5-7-11(16)9-12(10)17/h5,7,9,13H,2-4,6,8H2,1H3,(H,18,19)(H,20,21). The van der Waals surface area contributed by atoms with E-state index < -0.39 is 12.0 Å². The minimum absolute atomic E-state index is 0.192. The fraction of sp³-hybridized carbons (Fsp3) is 0.467. The first-order valence-corrected chi connectivity index (χ1v) is 7.65. The normalized spacial score (nSPS) is 12.0. The van der Waals surface area contributed by atoms with Gasteiger partial charge >= 0.3 is 5.97 Å². The summed E-state index contributed by atoms with van der Waals surface area (Å²) >= 11 is 11.8. The quantitative estimate of drug-likeness (QED) is 0.763. The van der Waals surface area contributed by atoms with Crippen LogP contribution in [-0.4, -0.2) is 23.0 Å². The van der Waals surface area contributed by atoms with Crippen LogP contribution in [0.5, 0.6) is 0 Å². The second-order valence-electron chi connectivity index (χ2n) is 4.84. The van der Waals surface area contributed by atoms with E-state index >= 15 is 0 Å². The molecule has 0 aliphatic carbocycles. The Morgan fingerprint density at radius 1 is 1.33 bits per heavy atom. The Hall–Kier alpha value is -1.26. The molecule has 21 heavy (non-hydrogen) atoms. The van der Waals surface area contributed by atoms with E-state index in [1.165, 1.54) is 0 Å². The average molecular weight is 332 g/mol. The molecule has 0 saturated carbocycles. The van der Waals surface area contributed by atoms with Crippen molar-refractivity contribution < 1.29 is 14.7 Å². The lowest BCUT2D eigenvalue weighted by Gasteiger charge is -2.14. The molecule has 116 valence electrons. The van der Waals surface area contributed by atoms with Gasteiger partial charge in [0.2, 0.25) is 5.91 Å². The fourth-order valence-corrected chi connectivity index (χ4v) is 2.41. The molecule has 1 unspecified atom stereocenters. The van der Waals surface area contributed by atoms with Gasteiger partial charge in [0.25, 0.3) is 0 Å². The predicted octanol–water partition coefficient (Wildman–Crippen LogP) is 3.69. The molecule has 0 saturated heterocycles. The highest BCUT2D eigenvalue weighted by atomic mass is 35.5. The number of carboxylic acids is 1. The molecule has 1 amide bonds. The van der Waals surface area contributed by atoms with Crippen LogP contribution in [0.2, 0.25) is 10.0 Å². The van der Waals surface area contributed by atoms with Gasteiger partial charge in [-0.1, -0.05) is 49.0 Å². The van der Waals surface area contributed by atoms with E-state index in [2.05, 4.69) is 5.32 Å². The van der Waals surface area contributed by atoms with Crippen LogP contribution in [0.3, 0.4) is 0 Å². The molecule has 0 spiro atoms. The summed E-state index contributed by atoms with van der Waals surface area (Å²) < 4.78 is 0. The van der Waals surface area contributed by atoms with Crippen LogP contribution in [0.15, 0.2) is 18.2 Å². The second-order valence-corrected chi connectivity index (χ2v) is 5.68. The van der Waals surface area contributed by atoms with E-state index in [4.69, 9.17) is 28.3 Å². The number of carbonyl (C=O) groups excluding carboxylic acids is 1. The zero-order valence-corrected chi connectivity index (χ0v) is 13.4. The number of halogens is 2. The van der Waals surface area contributed by atoms with Crippen LogP contribution in [0.25, 0.3) is 0 Å². The number of hydrogen-bond acceptors (Lipinski definition) is 2. The van der Waals surface area contributed by atoms with Crippen LogP contribution >= 0.6 is 23.2 Å². The summed E-state index contributed by atoms with van der Waals surface area (Å²) in [7, 11) is 0. The maximum Gasteiger partial charge on any atom is 0.326 e. The number of rotatable bonds is 8. The van der Waals surface area contributed by atoms with Crippen molar-refractivity contribution in [1.82, 2.24) is 5.32 Å². The molecule has 4 nitrogen and oxygen atoms in total. The van der Waals surface area contributed by atoms with Crippen molar-refractivity contribution in [2.45, 2.75) is 45.1 Å². The molecule has 1 rings (SSSR count). The Morgan fingerprint density at radius 2 is 2.05 bits per heavy atom. The first-order valence-electron chi connectivity index (χ1n) is 6.90. The molecule has 1 atom stereocenters. The maximum atomic E-state index is 11.8. The highest BCUT2D eigenvalue weighted by Gasteiger charge is 2.19. The molecule has 0 aliphatic rings. The summed E-state index contributed by atoms with van der Waals surface area (Å²) in [5.74, 6) is -1.29. The van der Waals surface area contributed by atoms with Crippen molar-refractivity contribution in [2.24, 2.45) is 0 Å². The van der Waals surface area contributed by atoms with Crippen molar-refractivity contribution >= 4 is 35.1 Å². The lowest BCUT2D eigenvalue weighted by Crippen LogP contribution is -2.40. The summed E-state index contributed by atoms with van der Waals surface area (Å²) in [5, 5.41) is 12.7. The number of benzene rings is 1. The Bertz CT molecular complexity index is 506. The van der Waals surface area contributed by atoms with Crippen molar-refractivity contribution in [1.29, 1.82) is 0 Å². The van der Waals surface area contributed by atoms with Crippen molar-refractivity contribution in [3.8, 4) is 0 Å².